The molecule has 80 valence electrons. The van der Waals surface area contributed by atoms with E-state index in [1.807, 2.05) is 0 Å². The molecule has 1 N–H and O–H groups in total. The number of piperidine rings is 1. The quantitative estimate of drug-likeness (QED) is 0.650. The summed E-state index contributed by atoms with van der Waals surface area (Å²) in [4.78, 5) is 11.9. The van der Waals surface area contributed by atoms with Crippen molar-refractivity contribution in [2.75, 3.05) is 6.54 Å². The number of carbonyl (C=O) groups excluding carboxylic acids is 1. The molecule has 1 saturated carbocycles. The van der Waals surface area contributed by atoms with Gasteiger partial charge in [0, 0.05) is 18.4 Å². The topological polar surface area (TPSA) is 29.1 Å². The van der Waals surface area contributed by atoms with Crippen molar-refractivity contribution in [1.29, 1.82) is 0 Å². The summed E-state index contributed by atoms with van der Waals surface area (Å²) in [5, 5.41) is 3.53. The summed E-state index contributed by atoms with van der Waals surface area (Å²) in [5.41, 5.74) is 0. The number of nitrogens with one attached hydrogen (secondary N) is 1. The van der Waals surface area contributed by atoms with Crippen LogP contribution in [-0.2, 0) is 4.79 Å². The van der Waals surface area contributed by atoms with Gasteiger partial charge in [0.25, 0.3) is 0 Å². The fraction of sp³-hybridized carbons (Fsp3) is 0.917. The van der Waals surface area contributed by atoms with Gasteiger partial charge in [0.05, 0.1) is 0 Å². The Hall–Kier alpha value is -0.370. The van der Waals surface area contributed by atoms with Crippen LogP contribution in [0.15, 0.2) is 0 Å². The monoisotopic (exact) mass is 195 g/mol. The molecule has 2 rings (SSSR count). The van der Waals surface area contributed by atoms with Crippen molar-refractivity contribution in [2.24, 2.45) is 5.92 Å². The maximum atomic E-state index is 11.9. The third-order valence-corrected chi connectivity index (χ3v) is 3.69. The second kappa shape index (κ2) is 4.92. The lowest BCUT2D eigenvalue weighted by molar-refractivity contribution is -0.123. The van der Waals surface area contributed by atoms with Gasteiger partial charge in [-0.15, -0.1) is 0 Å². The Bertz CT molecular complexity index is 196. The Morgan fingerprint density at radius 2 is 1.86 bits per heavy atom. The summed E-state index contributed by atoms with van der Waals surface area (Å²) in [6.07, 6.45) is 9.43. The molecule has 14 heavy (non-hydrogen) atoms. The third kappa shape index (κ3) is 2.35. The minimum Gasteiger partial charge on any atom is -0.313 e. The minimum atomic E-state index is 0.345. The Labute approximate surface area is 86.5 Å². The van der Waals surface area contributed by atoms with Crippen molar-refractivity contribution >= 4 is 5.78 Å². The van der Waals surface area contributed by atoms with Crippen LogP contribution in [0.25, 0.3) is 0 Å². The first kappa shape index (κ1) is 10.2. The van der Waals surface area contributed by atoms with Gasteiger partial charge in [-0.3, -0.25) is 4.79 Å². The first-order chi connectivity index (χ1) is 6.88. The van der Waals surface area contributed by atoms with Gasteiger partial charge in [0.15, 0.2) is 0 Å². The van der Waals surface area contributed by atoms with Crippen LogP contribution in [0, 0.1) is 5.92 Å². The van der Waals surface area contributed by atoms with E-state index in [-0.39, 0.29) is 0 Å². The average molecular weight is 195 g/mol. The van der Waals surface area contributed by atoms with Crippen molar-refractivity contribution < 1.29 is 4.79 Å². The van der Waals surface area contributed by atoms with Gasteiger partial charge in [-0.25, -0.2) is 0 Å². The Morgan fingerprint density at radius 1 is 1.00 bits per heavy atom. The maximum absolute atomic E-state index is 11.9. The van der Waals surface area contributed by atoms with Crippen LogP contribution in [0.2, 0.25) is 0 Å². The summed E-state index contributed by atoms with van der Waals surface area (Å²) < 4.78 is 0. The molecule has 0 amide bonds. The number of rotatable bonds is 1. The summed E-state index contributed by atoms with van der Waals surface area (Å²) in [7, 11) is 0. The minimum absolute atomic E-state index is 0.345. The standard InChI is InChI=1S/C12H21NO/c14-12-8-3-1-2-6-10(12)11-7-4-5-9-13-11/h10-11,13H,1-9H2. The van der Waals surface area contributed by atoms with Gasteiger partial charge >= 0.3 is 0 Å². The zero-order valence-corrected chi connectivity index (χ0v) is 8.93. The SMILES string of the molecule is O=C1CCCCCC1C1CCCCN1. The predicted molar refractivity (Wildman–Crippen MR) is 57.2 cm³/mol. The number of Topliss-reactive ketones (excluding diaryl/α,β-unsaturated/α-hetero) is 1. The van der Waals surface area contributed by atoms with E-state index in [9.17, 15) is 4.79 Å². The predicted octanol–water partition coefficient (Wildman–Crippen LogP) is 2.28. The second-order valence-corrected chi connectivity index (χ2v) is 4.73. The highest BCUT2D eigenvalue weighted by Gasteiger charge is 2.29. The third-order valence-electron chi connectivity index (χ3n) is 3.69. The molecule has 2 nitrogen and oxygen atoms in total. The molecule has 1 aliphatic carbocycles. The zero-order chi connectivity index (χ0) is 9.80. The molecule has 0 spiro atoms. The summed E-state index contributed by atoms with van der Waals surface area (Å²) >= 11 is 0. The highest BCUT2D eigenvalue weighted by molar-refractivity contribution is 5.81. The molecule has 0 radical (unpaired) electrons. The lowest BCUT2D eigenvalue weighted by atomic mass is 9.86. The van der Waals surface area contributed by atoms with Gasteiger partial charge in [0.2, 0.25) is 0 Å². The van der Waals surface area contributed by atoms with Crippen LogP contribution < -0.4 is 5.32 Å². The number of carbonyl (C=O) groups is 1. The molecule has 2 aliphatic rings. The van der Waals surface area contributed by atoms with Gasteiger partial charge < -0.3 is 5.32 Å². The molecule has 2 fully saturated rings. The van der Waals surface area contributed by atoms with Crippen LogP contribution in [-0.4, -0.2) is 18.4 Å². The lowest BCUT2D eigenvalue weighted by Crippen LogP contribution is -2.42. The smallest absolute Gasteiger partial charge is 0.137 e. The first-order valence-corrected chi connectivity index (χ1v) is 6.14. The molecule has 0 bridgehead atoms. The Morgan fingerprint density at radius 3 is 2.64 bits per heavy atom. The molecule has 0 aromatic carbocycles. The summed E-state index contributed by atoms with van der Waals surface area (Å²) in [6, 6.07) is 0.509. The fourth-order valence-electron chi connectivity index (χ4n) is 2.83. The molecule has 1 saturated heterocycles. The van der Waals surface area contributed by atoms with E-state index >= 15 is 0 Å². The zero-order valence-electron chi connectivity index (χ0n) is 8.93. The lowest BCUT2D eigenvalue weighted by Gasteiger charge is -2.29. The van der Waals surface area contributed by atoms with Gasteiger partial charge in [-0.2, -0.15) is 0 Å². The summed E-state index contributed by atoms with van der Waals surface area (Å²) in [5.74, 6) is 0.875. The van der Waals surface area contributed by atoms with Crippen LogP contribution >= 0.6 is 0 Å². The molecule has 2 heteroatoms. The molecule has 1 aliphatic heterocycles. The van der Waals surface area contributed by atoms with Crippen molar-refractivity contribution in [1.82, 2.24) is 5.32 Å². The average Bonchev–Trinajstić information content (AvgIpc) is 2.44. The highest BCUT2D eigenvalue weighted by atomic mass is 16.1. The van der Waals surface area contributed by atoms with Crippen molar-refractivity contribution in [2.45, 2.75) is 57.4 Å². The second-order valence-electron chi connectivity index (χ2n) is 4.73. The van der Waals surface area contributed by atoms with Gasteiger partial charge in [-0.1, -0.05) is 19.3 Å². The molecule has 2 unspecified atom stereocenters. The van der Waals surface area contributed by atoms with E-state index in [1.54, 1.807) is 0 Å². The first-order valence-electron chi connectivity index (χ1n) is 6.14. The number of hydrogen-bond donors (Lipinski definition) is 1. The molecule has 0 aromatic heterocycles. The van der Waals surface area contributed by atoms with E-state index in [0.717, 1.165) is 25.8 Å². The Kier molecular flexibility index (Phi) is 3.57. The van der Waals surface area contributed by atoms with Crippen molar-refractivity contribution in [3.63, 3.8) is 0 Å². The molecule has 1 heterocycles. The largest absolute Gasteiger partial charge is 0.313 e. The molecular weight excluding hydrogens is 174 g/mol. The van der Waals surface area contributed by atoms with Crippen LogP contribution in [0.3, 0.4) is 0 Å². The maximum Gasteiger partial charge on any atom is 0.137 e. The van der Waals surface area contributed by atoms with E-state index in [2.05, 4.69) is 5.32 Å². The fourth-order valence-corrected chi connectivity index (χ4v) is 2.83. The van der Waals surface area contributed by atoms with Gasteiger partial charge in [-0.05, 0) is 32.2 Å². The van der Waals surface area contributed by atoms with Gasteiger partial charge in [0.1, 0.15) is 5.78 Å². The van der Waals surface area contributed by atoms with Crippen LogP contribution in [0.1, 0.15) is 51.4 Å². The van der Waals surface area contributed by atoms with E-state index in [1.165, 1.54) is 32.1 Å². The van der Waals surface area contributed by atoms with Crippen molar-refractivity contribution in [3.8, 4) is 0 Å². The van der Waals surface area contributed by atoms with Crippen LogP contribution in [0.5, 0.6) is 0 Å². The normalized spacial score (nSPS) is 35.3. The number of ketones is 1. The van der Waals surface area contributed by atoms with E-state index in [4.69, 9.17) is 0 Å². The van der Waals surface area contributed by atoms with E-state index < -0.39 is 0 Å². The number of hydrogen-bond acceptors (Lipinski definition) is 2. The van der Waals surface area contributed by atoms with E-state index in [0.29, 0.717) is 17.7 Å². The van der Waals surface area contributed by atoms with Crippen molar-refractivity contribution in [3.05, 3.63) is 0 Å². The molecular formula is C12H21NO. The molecule has 2 atom stereocenters. The highest BCUT2D eigenvalue weighted by Crippen LogP contribution is 2.26. The molecule has 0 aromatic rings. The van der Waals surface area contributed by atoms with Crippen LogP contribution in [0.4, 0.5) is 0 Å². The Balaban J connectivity index is 1.95. The summed E-state index contributed by atoms with van der Waals surface area (Å²) in [6.45, 7) is 1.12.